The molecule has 0 spiro atoms. The topological polar surface area (TPSA) is 60.0 Å². The summed E-state index contributed by atoms with van der Waals surface area (Å²) in [7, 11) is 3.23. The summed E-state index contributed by atoms with van der Waals surface area (Å²) in [5.74, 6) is 0.687. The number of hydrogen-bond donors (Lipinski definition) is 1. The second-order valence-electron chi connectivity index (χ2n) is 3.67. The third kappa shape index (κ3) is 2.45. The molecule has 1 aromatic carbocycles. The van der Waals surface area contributed by atoms with Crippen LogP contribution in [0.25, 0.3) is 11.4 Å². The Balaban J connectivity index is 2.32. The van der Waals surface area contributed by atoms with Crippen molar-refractivity contribution in [3.63, 3.8) is 0 Å². The summed E-state index contributed by atoms with van der Waals surface area (Å²) < 4.78 is 10.2. The molecule has 0 radical (unpaired) electrons. The summed E-state index contributed by atoms with van der Waals surface area (Å²) in [4.78, 5) is 4.20. The van der Waals surface area contributed by atoms with Gasteiger partial charge >= 0.3 is 6.01 Å². The highest BCUT2D eigenvalue weighted by molar-refractivity contribution is 5.56. The number of methoxy groups -OCH3 is 2. The van der Waals surface area contributed by atoms with Gasteiger partial charge in [-0.05, 0) is 18.6 Å². The van der Waals surface area contributed by atoms with E-state index in [1.54, 1.807) is 7.11 Å². The van der Waals surface area contributed by atoms with Gasteiger partial charge in [-0.1, -0.05) is 18.2 Å². The Morgan fingerprint density at radius 2 is 2.12 bits per heavy atom. The van der Waals surface area contributed by atoms with Crippen molar-refractivity contribution in [3.8, 4) is 17.4 Å². The number of benzene rings is 1. The highest BCUT2D eigenvalue weighted by Gasteiger charge is 2.08. The molecule has 5 nitrogen and oxygen atoms in total. The average Bonchev–Trinajstić information content (AvgIpc) is 2.86. The Morgan fingerprint density at radius 1 is 1.29 bits per heavy atom. The predicted octanol–water partition coefficient (Wildman–Crippen LogP) is 2.19. The maximum atomic E-state index is 5.28. The maximum absolute atomic E-state index is 5.28. The second kappa shape index (κ2) is 4.97. The number of aromatic nitrogens is 3. The molecule has 0 saturated carbocycles. The van der Waals surface area contributed by atoms with Crippen molar-refractivity contribution in [2.24, 2.45) is 0 Å². The molecule has 1 heterocycles. The molecule has 2 rings (SSSR count). The summed E-state index contributed by atoms with van der Waals surface area (Å²) in [5.41, 5.74) is 2.06. The molecule has 0 fully saturated rings. The largest absolute Gasteiger partial charge is 0.466 e. The molecule has 0 aliphatic carbocycles. The van der Waals surface area contributed by atoms with Gasteiger partial charge in [0.1, 0.15) is 0 Å². The van der Waals surface area contributed by atoms with Gasteiger partial charge in [0.2, 0.25) is 0 Å². The zero-order chi connectivity index (χ0) is 12.3. The summed E-state index contributed by atoms with van der Waals surface area (Å²) in [6, 6.07) is 8.31. The Labute approximate surface area is 99.8 Å². The van der Waals surface area contributed by atoms with Crippen LogP contribution in [0.15, 0.2) is 24.3 Å². The van der Waals surface area contributed by atoms with Crippen LogP contribution in [0, 0.1) is 0 Å². The average molecular weight is 233 g/mol. The van der Waals surface area contributed by atoms with E-state index in [1.165, 1.54) is 7.11 Å². The lowest BCUT2D eigenvalue weighted by molar-refractivity contribution is 0.119. The van der Waals surface area contributed by atoms with Gasteiger partial charge in [-0.25, -0.2) is 0 Å². The zero-order valence-electron chi connectivity index (χ0n) is 10.1. The summed E-state index contributed by atoms with van der Waals surface area (Å²) >= 11 is 0. The van der Waals surface area contributed by atoms with Gasteiger partial charge in [-0.2, -0.15) is 4.98 Å². The van der Waals surface area contributed by atoms with Crippen molar-refractivity contribution in [3.05, 3.63) is 29.8 Å². The minimum Gasteiger partial charge on any atom is -0.466 e. The van der Waals surface area contributed by atoms with Crippen LogP contribution < -0.4 is 4.74 Å². The molecule has 0 unspecified atom stereocenters. The molecule has 0 aliphatic heterocycles. The van der Waals surface area contributed by atoms with E-state index >= 15 is 0 Å². The minimum atomic E-state index is 0.0553. The zero-order valence-corrected chi connectivity index (χ0v) is 10.1. The van der Waals surface area contributed by atoms with Gasteiger partial charge in [-0.3, -0.25) is 5.10 Å². The molecule has 17 heavy (non-hydrogen) atoms. The normalized spacial score (nSPS) is 12.4. The quantitative estimate of drug-likeness (QED) is 0.879. The van der Waals surface area contributed by atoms with Crippen LogP contribution in [-0.2, 0) is 4.74 Å². The first-order valence-electron chi connectivity index (χ1n) is 5.34. The summed E-state index contributed by atoms with van der Waals surface area (Å²) in [6.45, 7) is 2.00. The molecule has 2 aromatic rings. The van der Waals surface area contributed by atoms with Crippen LogP contribution in [0.3, 0.4) is 0 Å². The molecule has 90 valence electrons. The number of rotatable bonds is 4. The van der Waals surface area contributed by atoms with Gasteiger partial charge < -0.3 is 9.47 Å². The SMILES string of the molecule is COc1n[nH]c(-c2cccc([C@@H](C)OC)c2)n1. The highest BCUT2D eigenvalue weighted by atomic mass is 16.5. The monoisotopic (exact) mass is 233 g/mol. The molecule has 0 aliphatic rings. The van der Waals surface area contributed by atoms with Crippen molar-refractivity contribution in [1.29, 1.82) is 0 Å². The van der Waals surface area contributed by atoms with Crippen molar-refractivity contribution in [1.82, 2.24) is 15.2 Å². The second-order valence-corrected chi connectivity index (χ2v) is 3.67. The summed E-state index contributed by atoms with van der Waals surface area (Å²) in [5, 5.41) is 6.75. The van der Waals surface area contributed by atoms with E-state index in [4.69, 9.17) is 9.47 Å². The van der Waals surface area contributed by atoms with Gasteiger partial charge in [0, 0.05) is 12.7 Å². The molecule has 5 heteroatoms. The van der Waals surface area contributed by atoms with Crippen molar-refractivity contribution >= 4 is 0 Å². The van der Waals surface area contributed by atoms with Crippen LogP contribution in [0.1, 0.15) is 18.6 Å². The third-order valence-corrected chi connectivity index (χ3v) is 2.63. The Hall–Kier alpha value is -1.88. The van der Waals surface area contributed by atoms with E-state index in [0.29, 0.717) is 11.8 Å². The van der Waals surface area contributed by atoms with E-state index in [9.17, 15) is 0 Å². The van der Waals surface area contributed by atoms with Gasteiger partial charge in [-0.15, -0.1) is 5.10 Å². The Kier molecular flexibility index (Phi) is 3.39. The summed E-state index contributed by atoms with van der Waals surface area (Å²) in [6.07, 6.45) is 0.0553. The van der Waals surface area contributed by atoms with E-state index in [-0.39, 0.29) is 6.10 Å². The first-order valence-corrected chi connectivity index (χ1v) is 5.34. The van der Waals surface area contributed by atoms with Crippen LogP contribution in [0.2, 0.25) is 0 Å². The molecule has 0 bridgehead atoms. The first kappa shape index (κ1) is 11.6. The van der Waals surface area contributed by atoms with Crippen LogP contribution in [0.4, 0.5) is 0 Å². The van der Waals surface area contributed by atoms with E-state index in [2.05, 4.69) is 15.2 Å². The van der Waals surface area contributed by atoms with Gasteiger partial charge in [0.05, 0.1) is 13.2 Å². The molecule has 0 amide bonds. The van der Waals surface area contributed by atoms with E-state index in [0.717, 1.165) is 11.1 Å². The first-order chi connectivity index (χ1) is 8.24. The van der Waals surface area contributed by atoms with Gasteiger partial charge in [0.25, 0.3) is 0 Å². The van der Waals surface area contributed by atoms with Crippen molar-refractivity contribution in [2.45, 2.75) is 13.0 Å². The van der Waals surface area contributed by atoms with Crippen LogP contribution in [-0.4, -0.2) is 29.4 Å². The van der Waals surface area contributed by atoms with E-state index in [1.807, 2.05) is 31.2 Å². The van der Waals surface area contributed by atoms with Crippen LogP contribution >= 0.6 is 0 Å². The standard InChI is InChI=1S/C12H15N3O2/c1-8(16-2)9-5-4-6-10(7-9)11-13-12(17-3)15-14-11/h4-8H,1-3H3,(H,13,14,15)/t8-/m1/s1. The number of aromatic amines is 1. The lowest BCUT2D eigenvalue weighted by Gasteiger charge is -2.10. The van der Waals surface area contributed by atoms with Gasteiger partial charge in [0.15, 0.2) is 5.82 Å². The minimum absolute atomic E-state index is 0.0553. The van der Waals surface area contributed by atoms with Crippen LogP contribution in [0.5, 0.6) is 6.01 Å². The molecule has 0 saturated heterocycles. The fraction of sp³-hybridized carbons (Fsp3) is 0.333. The molecule has 1 N–H and O–H groups in total. The fourth-order valence-electron chi connectivity index (χ4n) is 1.54. The number of nitrogens with zero attached hydrogens (tertiary/aromatic N) is 2. The lowest BCUT2D eigenvalue weighted by atomic mass is 10.1. The third-order valence-electron chi connectivity index (χ3n) is 2.63. The molecule has 1 atom stereocenters. The maximum Gasteiger partial charge on any atom is 0.335 e. The number of hydrogen-bond acceptors (Lipinski definition) is 4. The predicted molar refractivity (Wildman–Crippen MR) is 63.8 cm³/mol. The smallest absolute Gasteiger partial charge is 0.335 e. The van der Waals surface area contributed by atoms with Crippen molar-refractivity contribution in [2.75, 3.05) is 14.2 Å². The lowest BCUT2D eigenvalue weighted by Crippen LogP contribution is -1.95. The van der Waals surface area contributed by atoms with Crippen molar-refractivity contribution < 1.29 is 9.47 Å². The molecular weight excluding hydrogens is 218 g/mol. The molecule has 1 aromatic heterocycles. The molecular formula is C12H15N3O2. The number of nitrogens with one attached hydrogen (secondary N) is 1. The van der Waals surface area contributed by atoms with E-state index < -0.39 is 0 Å². The number of ether oxygens (including phenoxy) is 2. The Bertz CT molecular complexity index is 496. The Morgan fingerprint density at radius 3 is 2.76 bits per heavy atom. The highest BCUT2D eigenvalue weighted by Crippen LogP contribution is 2.22. The fourth-order valence-corrected chi connectivity index (χ4v) is 1.54. The number of H-pyrrole nitrogens is 1.